The Bertz CT molecular complexity index is 1660. The van der Waals surface area contributed by atoms with Gasteiger partial charge in [-0.2, -0.15) is 4.68 Å². The van der Waals surface area contributed by atoms with Crippen molar-refractivity contribution in [2.24, 2.45) is 0 Å². The van der Waals surface area contributed by atoms with Crippen LogP contribution in [-0.4, -0.2) is 60.3 Å². The number of fused-ring (bicyclic) bond motifs is 1. The van der Waals surface area contributed by atoms with E-state index in [9.17, 15) is 4.79 Å². The summed E-state index contributed by atoms with van der Waals surface area (Å²) in [5.74, 6) is -0.0711. The molecule has 0 radical (unpaired) electrons. The number of tetrazole rings is 1. The van der Waals surface area contributed by atoms with Gasteiger partial charge in [0, 0.05) is 35.0 Å². The van der Waals surface area contributed by atoms with Crippen molar-refractivity contribution >= 4 is 42.7 Å². The topological polar surface area (TPSA) is 115 Å². The van der Waals surface area contributed by atoms with Gasteiger partial charge in [0.2, 0.25) is 5.91 Å². The Balaban J connectivity index is 1.21. The normalized spacial score (nSPS) is 19.4. The first-order valence-corrected chi connectivity index (χ1v) is 17.9. The first kappa shape index (κ1) is 28.8. The molecule has 6 rings (SSSR count). The number of benzene rings is 1. The van der Waals surface area contributed by atoms with Crippen molar-refractivity contribution in [3.05, 3.63) is 64.0 Å². The third kappa shape index (κ3) is 5.23. The van der Waals surface area contributed by atoms with Crippen LogP contribution in [-0.2, 0) is 15.8 Å². The van der Waals surface area contributed by atoms with Gasteiger partial charge in [-0.15, -0.1) is 16.4 Å². The zero-order valence-corrected chi connectivity index (χ0v) is 26.6. The van der Waals surface area contributed by atoms with Crippen molar-refractivity contribution in [1.82, 2.24) is 40.1 Å². The van der Waals surface area contributed by atoms with Crippen LogP contribution in [0.1, 0.15) is 62.3 Å². The lowest BCUT2D eigenvalue weighted by atomic mass is 9.92. The van der Waals surface area contributed by atoms with Crippen molar-refractivity contribution in [3.8, 4) is 16.4 Å². The molecule has 1 N–H and O–H groups in total. The maximum absolute atomic E-state index is 15.4. The number of H-pyrrole nitrogens is 1. The Morgan fingerprint density at radius 2 is 2.07 bits per heavy atom. The van der Waals surface area contributed by atoms with Gasteiger partial charge < -0.3 is 14.3 Å². The smallest absolute Gasteiger partial charge is 0.247 e. The van der Waals surface area contributed by atoms with Crippen molar-refractivity contribution < 1.29 is 13.6 Å². The minimum atomic E-state index is -1.87. The van der Waals surface area contributed by atoms with Gasteiger partial charge in [0.05, 0.1) is 23.4 Å². The van der Waals surface area contributed by atoms with Crippen LogP contribution >= 0.6 is 22.9 Å². The largest absolute Gasteiger partial charge is 0.412 e. The van der Waals surface area contributed by atoms with E-state index in [0.717, 1.165) is 34.2 Å². The lowest BCUT2D eigenvalue weighted by molar-refractivity contribution is -0.129. The highest BCUT2D eigenvalue weighted by Gasteiger charge is 2.42. The van der Waals surface area contributed by atoms with Crippen molar-refractivity contribution in [2.75, 3.05) is 0 Å². The number of imidazole rings is 1. The predicted molar refractivity (Wildman–Crippen MR) is 161 cm³/mol. The second-order valence-electron chi connectivity index (χ2n) is 12.2. The number of nitrogens with zero attached hydrogens (tertiary/aromatic N) is 7. The fourth-order valence-corrected chi connectivity index (χ4v) is 7.28. The predicted octanol–water partition coefficient (Wildman–Crippen LogP) is 6.34. The van der Waals surface area contributed by atoms with E-state index in [-0.39, 0.29) is 33.6 Å². The summed E-state index contributed by atoms with van der Waals surface area (Å²) in [6, 6.07) is 2.80. The van der Waals surface area contributed by atoms with Crippen LogP contribution < -0.4 is 0 Å². The number of hydrogen-bond donors (Lipinski definition) is 1. The summed E-state index contributed by atoms with van der Waals surface area (Å²) in [7, 11) is -1.87. The van der Waals surface area contributed by atoms with Crippen LogP contribution in [0.3, 0.4) is 0 Å². The summed E-state index contributed by atoms with van der Waals surface area (Å²) >= 11 is 7.71. The number of hydrogen-bond acceptors (Lipinski definition) is 8. The number of rotatable bonds is 7. The summed E-state index contributed by atoms with van der Waals surface area (Å²) in [6.07, 6.45) is 8.56. The molecule has 2 aliphatic heterocycles. The monoisotopic (exact) mass is 626 g/mol. The number of carbonyl (C=O) groups excluding carboxylic acids is 1. The van der Waals surface area contributed by atoms with E-state index < -0.39 is 14.1 Å². The van der Waals surface area contributed by atoms with E-state index in [2.05, 4.69) is 59.4 Å². The van der Waals surface area contributed by atoms with E-state index in [0.29, 0.717) is 24.3 Å². The van der Waals surface area contributed by atoms with Crippen molar-refractivity contribution in [3.63, 3.8) is 0 Å². The van der Waals surface area contributed by atoms with Crippen LogP contribution in [0.4, 0.5) is 4.39 Å². The van der Waals surface area contributed by atoms with Gasteiger partial charge in [0.1, 0.15) is 22.9 Å². The van der Waals surface area contributed by atoms with Crippen LogP contribution in [0.15, 0.2) is 36.9 Å². The highest BCUT2D eigenvalue weighted by Crippen LogP contribution is 2.44. The molecule has 14 heteroatoms. The highest BCUT2D eigenvalue weighted by atomic mass is 35.5. The number of thiazole rings is 1. The van der Waals surface area contributed by atoms with Gasteiger partial charge in [-0.25, -0.2) is 14.4 Å². The lowest BCUT2D eigenvalue weighted by Gasteiger charge is -2.35. The first-order valence-electron chi connectivity index (χ1n) is 13.8. The molecule has 1 amide bonds. The Hall–Kier alpha value is -3.26. The molecule has 1 fully saturated rings. The molecule has 220 valence electrons. The molecule has 0 aliphatic carbocycles. The molecule has 2 atom stereocenters. The first-order chi connectivity index (χ1) is 19.9. The molecule has 4 aromatic rings. The Labute approximate surface area is 253 Å². The highest BCUT2D eigenvalue weighted by molar-refractivity contribution is 7.15. The molecule has 0 spiro atoms. The third-order valence-corrected chi connectivity index (χ3v) is 14.3. The van der Waals surface area contributed by atoms with Gasteiger partial charge in [0.15, 0.2) is 14.1 Å². The van der Waals surface area contributed by atoms with Gasteiger partial charge in [0.25, 0.3) is 0 Å². The summed E-state index contributed by atoms with van der Waals surface area (Å²) in [6.45, 7) is 11.7. The van der Waals surface area contributed by atoms with E-state index >= 15 is 4.39 Å². The van der Waals surface area contributed by atoms with Crippen LogP contribution in [0.5, 0.6) is 0 Å². The summed E-state index contributed by atoms with van der Waals surface area (Å²) in [4.78, 5) is 29.2. The molecular formula is C28H32ClFN8O2SSi. The third-order valence-electron chi connectivity index (χ3n) is 8.57. The molecule has 42 heavy (non-hydrogen) atoms. The van der Waals surface area contributed by atoms with Gasteiger partial charge in [-0.1, -0.05) is 32.4 Å². The van der Waals surface area contributed by atoms with E-state index in [1.54, 1.807) is 17.4 Å². The number of amides is 1. The number of carbonyl (C=O) groups is 1. The van der Waals surface area contributed by atoms with Gasteiger partial charge in [-0.05, 0) is 65.5 Å². The van der Waals surface area contributed by atoms with E-state index in [1.807, 2.05) is 17.3 Å². The molecular weight excluding hydrogens is 595 g/mol. The molecule has 1 saturated heterocycles. The summed E-state index contributed by atoms with van der Waals surface area (Å²) in [5.41, 5.74) is 1.98. The van der Waals surface area contributed by atoms with Gasteiger partial charge >= 0.3 is 0 Å². The summed E-state index contributed by atoms with van der Waals surface area (Å²) in [5, 5.41) is 12.2. The molecule has 1 aromatic carbocycles. The minimum absolute atomic E-state index is 0.0260. The molecule has 5 heterocycles. The van der Waals surface area contributed by atoms with Crippen molar-refractivity contribution in [1.29, 1.82) is 0 Å². The lowest BCUT2D eigenvalue weighted by Crippen LogP contribution is -2.40. The number of nitrogens with one attached hydrogen (secondary N) is 1. The van der Waals surface area contributed by atoms with Crippen LogP contribution in [0.25, 0.3) is 22.0 Å². The van der Waals surface area contributed by atoms with Gasteiger partial charge in [-0.3, -0.25) is 4.79 Å². The molecule has 10 nitrogen and oxygen atoms in total. The molecule has 0 bridgehead atoms. The van der Waals surface area contributed by atoms with E-state index in [1.165, 1.54) is 23.2 Å². The molecule has 0 saturated carbocycles. The zero-order chi connectivity index (χ0) is 29.8. The van der Waals surface area contributed by atoms with Crippen LogP contribution in [0.2, 0.25) is 23.2 Å². The second-order valence-corrected chi connectivity index (χ2v) is 18.6. The fraction of sp³-hybridized carbons (Fsp3) is 0.429. The standard InChI is InChI=1S/C28H32ClFN8O2SSi/c1-28(2,3)42(4,5)40-14-18-12-32-27(41-18)20-13-31-26(34-20)22-8-6-17-10-16(11-23(39)38(17)22)24-21(37-15-33-35-36-37)9-7-19(29)25(24)30/h7,9,11-13,15,17,22H,6,8,10,14H2,1-5H3,(H,31,34)/t17-,22+/m1/s1. The Kier molecular flexibility index (Phi) is 7.40. The fourth-order valence-electron chi connectivity index (χ4n) is 5.28. The van der Waals surface area contributed by atoms with Crippen LogP contribution in [0, 0.1) is 5.82 Å². The maximum atomic E-state index is 15.4. The Morgan fingerprint density at radius 3 is 2.81 bits per heavy atom. The molecule has 0 unspecified atom stereocenters. The molecule has 2 aliphatic rings. The average Bonchev–Trinajstić information content (AvgIpc) is 3.74. The zero-order valence-electron chi connectivity index (χ0n) is 24.1. The summed E-state index contributed by atoms with van der Waals surface area (Å²) < 4.78 is 23.1. The minimum Gasteiger partial charge on any atom is -0.412 e. The number of halogens is 2. The average molecular weight is 627 g/mol. The second kappa shape index (κ2) is 10.8. The van der Waals surface area contributed by atoms with Crippen molar-refractivity contribution in [2.45, 2.75) is 76.9 Å². The number of aromatic nitrogens is 7. The number of aromatic amines is 1. The Morgan fingerprint density at radius 1 is 1.26 bits per heavy atom. The maximum Gasteiger partial charge on any atom is 0.247 e. The quantitative estimate of drug-likeness (QED) is 0.238. The van der Waals surface area contributed by atoms with E-state index in [4.69, 9.17) is 21.0 Å². The molecule has 3 aromatic heterocycles. The SMILES string of the molecule is CC(C)(C)[Si](C)(C)OCc1cnc(-c2c[nH]c([C@@H]3CC[C@@H]4CC(c5c(-n6cnnn6)ccc(Cl)c5F)=CC(=O)N43)n2)s1.